The van der Waals surface area contributed by atoms with Crippen molar-refractivity contribution in [3.8, 4) is 17.1 Å². The molecule has 0 spiro atoms. The van der Waals surface area contributed by atoms with E-state index in [1.807, 2.05) is 30.3 Å². The molecule has 5 rings (SSSR count). The molecule has 130 valence electrons. The molecule has 1 N–H and O–H groups in total. The van der Waals surface area contributed by atoms with Gasteiger partial charge in [0.25, 0.3) is 0 Å². The van der Waals surface area contributed by atoms with Crippen LogP contribution in [0.1, 0.15) is 12.1 Å². The Morgan fingerprint density at radius 3 is 2.92 bits per heavy atom. The molecule has 0 bridgehead atoms. The summed E-state index contributed by atoms with van der Waals surface area (Å²) in [4.78, 5) is 13.7. The highest BCUT2D eigenvalue weighted by atomic mass is 79.9. The lowest BCUT2D eigenvalue weighted by Gasteiger charge is -2.08. The van der Waals surface area contributed by atoms with Crippen molar-refractivity contribution in [2.75, 3.05) is 6.61 Å². The van der Waals surface area contributed by atoms with Crippen LogP contribution in [0.25, 0.3) is 33.5 Å². The first kappa shape index (κ1) is 15.7. The molecule has 0 amide bonds. The molecule has 0 atom stereocenters. The van der Waals surface area contributed by atoms with Crippen LogP contribution >= 0.6 is 15.9 Å². The number of aromatic nitrogens is 4. The minimum absolute atomic E-state index is 0.113. The highest BCUT2D eigenvalue weighted by Crippen LogP contribution is 2.36. The molecule has 0 saturated heterocycles. The summed E-state index contributed by atoms with van der Waals surface area (Å²) < 4.78 is 9.09. The van der Waals surface area contributed by atoms with Gasteiger partial charge in [-0.3, -0.25) is 4.98 Å². The molecule has 0 saturated carbocycles. The Labute approximate surface area is 157 Å². The lowest BCUT2D eigenvalue weighted by molar-refractivity contribution is 0.277. The van der Waals surface area contributed by atoms with Gasteiger partial charge in [-0.05, 0) is 36.8 Å². The van der Waals surface area contributed by atoms with Gasteiger partial charge in [-0.2, -0.15) is 0 Å². The van der Waals surface area contributed by atoms with Crippen molar-refractivity contribution in [2.24, 2.45) is 0 Å². The molecule has 0 unspecified atom stereocenters. The van der Waals surface area contributed by atoms with E-state index >= 15 is 0 Å². The average molecular weight is 411 g/mol. The Morgan fingerprint density at radius 2 is 2.04 bits per heavy atom. The Hall–Kier alpha value is -2.51. The molecular weight excluding hydrogens is 396 g/mol. The zero-order chi connectivity index (χ0) is 17.7. The van der Waals surface area contributed by atoms with Crippen molar-refractivity contribution in [2.45, 2.75) is 19.6 Å². The van der Waals surface area contributed by atoms with Crippen molar-refractivity contribution < 1.29 is 9.84 Å². The summed E-state index contributed by atoms with van der Waals surface area (Å²) in [5.74, 6) is 1.76. The van der Waals surface area contributed by atoms with Crippen LogP contribution in [-0.4, -0.2) is 31.2 Å². The van der Waals surface area contributed by atoms with Gasteiger partial charge in [-0.15, -0.1) is 0 Å². The first-order chi connectivity index (χ1) is 12.7. The number of aliphatic hydroxyl groups is 1. The number of imidazole rings is 1. The number of aryl methyl sites for hydroxylation is 1. The summed E-state index contributed by atoms with van der Waals surface area (Å²) in [6, 6.07) is 9.94. The fourth-order valence-electron chi connectivity index (χ4n) is 3.41. The number of hydrogen-bond donors (Lipinski definition) is 1. The van der Waals surface area contributed by atoms with Crippen LogP contribution in [0.15, 0.2) is 41.0 Å². The first-order valence-corrected chi connectivity index (χ1v) is 9.22. The monoisotopic (exact) mass is 410 g/mol. The van der Waals surface area contributed by atoms with E-state index in [0.29, 0.717) is 12.3 Å². The maximum absolute atomic E-state index is 9.23. The number of hydrogen-bond acceptors (Lipinski definition) is 5. The summed E-state index contributed by atoms with van der Waals surface area (Å²) in [6.45, 7) is 1.44. The van der Waals surface area contributed by atoms with Crippen LogP contribution in [0.4, 0.5) is 0 Å². The Balaban J connectivity index is 1.73. The summed E-state index contributed by atoms with van der Waals surface area (Å²) in [6.07, 6.45) is 2.53. The van der Waals surface area contributed by atoms with Gasteiger partial charge in [-0.25, -0.2) is 9.97 Å². The zero-order valence-electron chi connectivity index (χ0n) is 13.8. The van der Waals surface area contributed by atoms with Crippen molar-refractivity contribution in [1.82, 2.24) is 19.5 Å². The van der Waals surface area contributed by atoms with Crippen LogP contribution in [0.3, 0.4) is 0 Å². The molecule has 0 fully saturated rings. The standard InChI is InChI=1S/C19H15BrN4O2/c20-12-7-16-18-17(8-12)26-5-1-4-24(18)19(23-16)11-2-3-14-15(6-11)21-9-13(10-25)22-14/h2-3,6-9,25H,1,4-5,10H2. The second-order valence-electron chi connectivity index (χ2n) is 6.28. The van der Waals surface area contributed by atoms with Crippen molar-refractivity contribution in [3.63, 3.8) is 0 Å². The average Bonchev–Trinajstić information content (AvgIpc) is 2.88. The summed E-state index contributed by atoms with van der Waals surface area (Å²) >= 11 is 3.54. The SMILES string of the molecule is OCc1cnc2cc(-c3nc4cc(Br)cc5c4n3CCCO5)ccc2n1. The quantitative estimate of drug-likeness (QED) is 0.545. The number of aliphatic hydroxyl groups excluding tert-OH is 1. The summed E-state index contributed by atoms with van der Waals surface area (Å²) in [5, 5.41) is 9.23. The molecular formula is C19H15BrN4O2. The molecule has 2 aromatic carbocycles. The molecule has 7 heteroatoms. The van der Waals surface area contributed by atoms with Crippen LogP contribution in [0.2, 0.25) is 0 Å². The smallest absolute Gasteiger partial charge is 0.146 e. The van der Waals surface area contributed by atoms with Gasteiger partial charge < -0.3 is 14.4 Å². The molecule has 26 heavy (non-hydrogen) atoms. The lowest BCUT2D eigenvalue weighted by atomic mass is 10.1. The minimum Gasteiger partial charge on any atom is -0.491 e. The largest absolute Gasteiger partial charge is 0.491 e. The van der Waals surface area contributed by atoms with E-state index in [0.717, 1.165) is 56.6 Å². The summed E-state index contributed by atoms with van der Waals surface area (Å²) in [7, 11) is 0. The highest BCUT2D eigenvalue weighted by Gasteiger charge is 2.20. The van der Waals surface area contributed by atoms with Crippen LogP contribution in [0, 0.1) is 0 Å². The number of rotatable bonds is 2. The van der Waals surface area contributed by atoms with Crippen molar-refractivity contribution >= 4 is 38.0 Å². The molecule has 6 nitrogen and oxygen atoms in total. The molecule has 2 aromatic heterocycles. The van der Waals surface area contributed by atoms with Crippen molar-refractivity contribution in [1.29, 1.82) is 0 Å². The third-order valence-electron chi connectivity index (χ3n) is 4.57. The Kier molecular flexibility index (Phi) is 3.65. The fourth-order valence-corrected chi connectivity index (χ4v) is 3.84. The van der Waals surface area contributed by atoms with E-state index in [1.54, 1.807) is 6.20 Å². The van der Waals surface area contributed by atoms with E-state index in [4.69, 9.17) is 9.72 Å². The molecule has 1 aliphatic heterocycles. The number of halogens is 1. The third kappa shape index (κ3) is 2.47. The zero-order valence-corrected chi connectivity index (χ0v) is 15.4. The van der Waals surface area contributed by atoms with E-state index in [-0.39, 0.29) is 6.61 Å². The Morgan fingerprint density at radius 1 is 1.12 bits per heavy atom. The van der Waals surface area contributed by atoms with E-state index in [9.17, 15) is 5.11 Å². The Bertz CT molecular complexity index is 1160. The fraction of sp³-hybridized carbons (Fsp3) is 0.211. The second-order valence-corrected chi connectivity index (χ2v) is 7.20. The van der Waals surface area contributed by atoms with Gasteiger partial charge in [0, 0.05) is 16.6 Å². The molecule has 4 aromatic rings. The van der Waals surface area contributed by atoms with Gasteiger partial charge in [-0.1, -0.05) is 15.9 Å². The minimum atomic E-state index is -0.113. The molecule has 0 radical (unpaired) electrons. The first-order valence-electron chi connectivity index (χ1n) is 8.42. The van der Waals surface area contributed by atoms with E-state index in [2.05, 4.69) is 30.5 Å². The van der Waals surface area contributed by atoms with Gasteiger partial charge in [0.05, 0.1) is 41.7 Å². The molecule has 3 heterocycles. The predicted octanol–water partition coefficient (Wildman–Crippen LogP) is 3.68. The maximum Gasteiger partial charge on any atom is 0.146 e. The third-order valence-corrected chi connectivity index (χ3v) is 5.03. The van der Waals surface area contributed by atoms with Gasteiger partial charge in [0.15, 0.2) is 0 Å². The van der Waals surface area contributed by atoms with E-state index in [1.165, 1.54) is 0 Å². The number of nitrogens with zero attached hydrogens (tertiary/aromatic N) is 4. The topological polar surface area (TPSA) is 73.1 Å². The number of ether oxygens (including phenoxy) is 1. The number of benzene rings is 2. The second kappa shape index (κ2) is 6.03. The van der Waals surface area contributed by atoms with Crippen LogP contribution in [0.5, 0.6) is 5.75 Å². The van der Waals surface area contributed by atoms with Crippen LogP contribution in [-0.2, 0) is 13.2 Å². The van der Waals surface area contributed by atoms with Crippen LogP contribution < -0.4 is 4.74 Å². The maximum atomic E-state index is 9.23. The van der Waals surface area contributed by atoms with E-state index < -0.39 is 0 Å². The normalized spacial score (nSPS) is 13.8. The van der Waals surface area contributed by atoms with Gasteiger partial charge in [0.1, 0.15) is 17.1 Å². The predicted molar refractivity (Wildman–Crippen MR) is 102 cm³/mol. The highest BCUT2D eigenvalue weighted by molar-refractivity contribution is 9.10. The molecule has 0 aliphatic carbocycles. The molecule has 1 aliphatic rings. The lowest BCUT2D eigenvalue weighted by Crippen LogP contribution is -2.01. The summed E-state index contributed by atoms with van der Waals surface area (Å²) in [5.41, 5.74) is 5.04. The van der Waals surface area contributed by atoms with Gasteiger partial charge >= 0.3 is 0 Å². The van der Waals surface area contributed by atoms with Gasteiger partial charge in [0.2, 0.25) is 0 Å². The van der Waals surface area contributed by atoms with Crippen molar-refractivity contribution in [3.05, 3.63) is 46.7 Å². The number of fused-ring (bicyclic) bond motifs is 1.